The first kappa shape index (κ1) is 7.87. The second-order valence-corrected chi connectivity index (χ2v) is 5.02. The number of thiophene rings is 1. The summed E-state index contributed by atoms with van der Waals surface area (Å²) in [4.78, 5) is 0. The van der Waals surface area contributed by atoms with Crippen molar-refractivity contribution in [2.24, 2.45) is 0 Å². The number of aromatic nitrogens is 1. The molecule has 64 valence electrons. The van der Waals surface area contributed by atoms with Crippen molar-refractivity contribution in [1.29, 1.82) is 0 Å². The maximum atomic E-state index is 2.27. The molecule has 2 aromatic heterocycles. The average Bonchev–Trinajstić information content (AvgIpc) is 2.37. The van der Waals surface area contributed by atoms with Crippen LogP contribution in [0.1, 0.15) is 20.8 Å². The Bertz CT molecular complexity index is 361. The van der Waals surface area contributed by atoms with Crippen LogP contribution >= 0.6 is 11.3 Å². The molecule has 0 aliphatic carbocycles. The van der Waals surface area contributed by atoms with Crippen molar-refractivity contribution in [3.05, 3.63) is 23.8 Å². The summed E-state index contributed by atoms with van der Waals surface area (Å²) in [7, 11) is 0. The summed E-state index contributed by atoms with van der Waals surface area (Å²) in [5.41, 5.74) is 0.207. The van der Waals surface area contributed by atoms with E-state index in [9.17, 15) is 0 Å². The summed E-state index contributed by atoms with van der Waals surface area (Å²) < 4.78 is 3.65. The van der Waals surface area contributed by atoms with Crippen LogP contribution in [0, 0.1) is 0 Å². The first-order valence-electron chi connectivity index (χ1n) is 4.13. The van der Waals surface area contributed by atoms with E-state index >= 15 is 0 Å². The van der Waals surface area contributed by atoms with Crippen LogP contribution < -0.4 is 0 Å². The molecule has 0 spiro atoms. The van der Waals surface area contributed by atoms with Crippen molar-refractivity contribution >= 4 is 21.4 Å². The molecule has 0 saturated carbocycles. The van der Waals surface area contributed by atoms with Crippen molar-refractivity contribution in [2.45, 2.75) is 26.3 Å². The van der Waals surface area contributed by atoms with Gasteiger partial charge in [0.25, 0.3) is 0 Å². The molecule has 2 aromatic rings. The monoisotopic (exact) mass is 179 g/mol. The lowest BCUT2D eigenvalue weighted by Gasteiger charge is -2.20. The van der Waals surface area contributed by atoms with E-state index in [0.29, 0.717) is 0 Å². The van der Waals surface area contributed by atoms with Gasteiger partial charge in [-0.3, -0.25) is 0 Å². The van der Waals surface area contributed by atoms with Gasteiger partial charge in [-0.15, -0.1) is 11.3 Å². The van der Waals surface area contributed by atoms with Crippen molar-refractivity contribution in [3.8, 4) is 0 Å². The zero-order valence-corrected chi connectivity index (χ0v) is 8.48. The highest BCUT2D eigenvalue weighted by Gasteiger charge is 2.12. The number of rotatable bonds is 0. The number of fused-ring (bicyclic) bond motifs is 1. The normalized spacial score (nSPS) is 12.6. The maximum Gasteiger partial charge on any atom is 0.0519 e. The van der Waals surface area contributed by atoms with Crippen molar-refractivity contribution in [1.82, 2.24) is 4.57 Å². The summed E-state index contributed by atoms with van der Waals surface area (Å²) >= 11 is 1.80. The van der Waals surface area contributed by atoms with Gasteiger partial charge in [0.05, 0.1) is 4.70 Å². The van der Waals surface area contributed by atoms with Crippen LogP contribution in [0.25, 0.3) is 10.1 Å². The van der Waals surface area contributed by atoms with Crippen LogP contribution in [0.15, 0.2) is 23.8 Å². The Balaban J connectivity index is 2.59. The fourth-order valence-electron chi connectivity index (χ4n) is 1.24. The summed E-state index contributed by atoms with van der Waals surface area (Å²) in [6, 6.07) is 2.17. The molecule has 0 aliphatic heterocycles. The highest BCUT2D eigenvalue weighted by Crippen LogP contribution is 2.25. The van der Waals surface area contributed by atoms with Crippen LogP contribution in [0.5, 0.6) is 0 Å². The molecule has 12 heavy (non-hydrogen) atoms. The Morgan fingerprint density at radius 1 is 1.25 bits per heavy atom. The van der Waals surface area contributed by atoms with Gasteiger partial charge in [-0.05, 0) is 32.2 Å². The Labute approximate surface area is 76.6 Å². The fourth-order valence-corrected chi connectivity index (χ4v) is 2.04. The van der Waals surface area contributed by atoms with Crippen LogP contribution in [0.3, 0.4) is 0 Å². The molecule has 0 atom stereocenters. The van der Waals surface area contributed by atoms with Gasteiger partial charge in [-0.1, -0.05) is 0 Å². The molecule has 0 aromatic carbocycles. The second-order valence-electron chi connectivity index (χ2n) is 4.08. The molecular formula is C10H13NS. The molecule has 0 radical (unpaired) electrons. The standard InChI is InChI=1S/C10H13NS/c1-10(2,3)11-6-8-4-5-12-9(8)7-11/h4-7H,1-3H3. The largest absolute Gasteiger partial charge is 0.347 e. The van der Waals surface area contributed by atoms with Gasteiger partial charge in [0, 0.05) is 23.3 Å². The first-order valence-corrected chi connectivity index (χ1v) is 5.01. The quantitative estimate of drug-likeness (QED) is 0.583. The summed E-state index contributed by atoms with van der Waals surface area (Å²) in [6.07, 6.45) is 4.44. The lowest BCUT2D eigenvalue weighted by Crippen LogP contribution is -2.19. The van der Waals surface area contributed by atoms with Crippen molar-refractivity contribution < 1.29 is 0 Å². The molecule has 2 rings (SSSR count). The van der Waals surface area contributed by atoms with Gasteiger partial charge in [0.15, 0.2) is 0 Å². The lowest BCUT2D eigenvalue weighted by molar-refractivity contribution is 0.400. The Morgan fingerprint density at radius 2 is 2.00 bits per heavy atom. The van der Waals surface area contributed by atoms with Gasteiger partial charge in [-0.2, -0.15) is 0 Å². The number of nitrogens with zero attached hydrogens (tertiary/aromatic N) is 1. The highest BCUT2D eigenvalue weighted by atomic mass is 32.1. The van der Waals surface area contributed by atoms with Crippen LogP contribution in [0.4, 0.5) is 0 Å². The molecule has 0 unspecified atom stereocenters. The minimum absolute atomic E-state index is 0.207. The maximum absolute atomic E-state index is 2.27. The number of hydrogen-bond donors (Lipinski definition) is 0. The Hall–Kier alpha value is -0.760. The van der Waals surface area contributed by atoms with Gasteiger partial charge < -0.3 is 4.57 Å². The van der Waals surface area contributed by atoms with E-state index in [-0.39, 0.29) is 5.54 Å². The van der Waals surface area contributed by atoms with Gasteiger partial charge in [0.2, 0.25) is 0 Å². The molecule has 0 saturated heterocycles. The molecule has 0 amide bonds. The first-order chi connectivity index (χ1) is 5.57. The molecule has 0 bridgehead atoms. The summed E-state index contributed by atoms with van der Waals surface area (Å²) in [6.45, 7) is 6.66. The highest BCUT2D eigenvalue weighted by molar-refractivity contribution is 7.17. The molecule has 1 nitrogen and oxygen atoms in total. The van der Waals surface area contributed by atoms with Crippen molar-refractivity contribution in [3.63, 3.8) is 0 Å². The van der Waals surface area contributed by atoms with Gasteiger partial charge in [0.1, 0.15) is 0 Å². The van der Waals surface area contributed by atoms with E-state index in [1.54, 1.807) is 11.3 Å². The van der Waals surface area contributed by atoms with Crippen molar-refractivity contribution in [2.75, 3.05) is 0 Å². The van der Waals surface area contributed by atoms with Crippen LogP contribution in [-0.2, 0) is 5.54 Å². The average molecular weight is 179 g/mol. The lowest BCUT2D eigenvalue weighted by atomic mass is 10.1. The zero-order chi connectivity index (χ0) is 8.77. The fraction of sp³-hybridized carbons (Fsp3) is 0.400. The topological polar surface area (TPSA) is 4.93 Å². The molecule has 2 heteroatoms. The van der Waals surface area contributed by atoms with Crippen LogP contribution in [-0.4, -0.2) is 4.57 Å². The molecular weight excluding hydrogens is 166 g/mol. The smallest absolute Gasteiger partial charge is 0.0519 e. The van der Waals surface area contributed by atoms with Crippen LogP contribution in [0.2, 0.25) is 0 Å². The van der Waals surface area contributed by atoms with Gasteiger partial charge in [-0.25, -0.2) is 0 Å². The second kappa shape index (κ2) is 2.36. The minimum atomic E-state index is 0.207. The summed E-state index contributed by atoms with van der Waals surface area (Å²) in [5.74, 6) is 0. The third kappa shape index (κ3) is 1.16. The SMILES string of the molecule is CC(C)(C)n1cc2ccsc2c1. The van der Waals surface area contributed by atoms with E-state index in [4.69, 9.17) is 0 Å². The van der Waals surface area contributed by atoms with E-state index in [0.717, 1.165) is 0 Å². The van der Waals surface area contributed by atoms with E-state index in [2.05, 4.69) is 49.2 Å². The Morgan fingerprint density at radius 3 is 2.58 bits per heavy atom. The molecule has 0 fully saturated rings. The molecule has 0 aliphatic rings. The summed E-state index contributed by atoms with van der Waals surface area (Å²) in [5, 5.41) is 3.49. The van der Waals surface area contributed by atoms with E-state index in [1.807, 2.05) is 0 Å². The molecule has 2 heterocycles. The predicted octanol–water partition coefficient (Wildman–Crippen LogP) is 3.46. The van der Waals surface area contributed by atoms with Gasteiger partial charge >= 0.3 is 0 Å². The predicted molar refractivity (Wildman–Crippen MR) is 54.8 cm³/mol. The third-order valence-corrected chi connectivity index (χ3v) is 2.90. The number of hydrogen-bond acceptors (Lipinski definition) is 1. The van der Waals surface area contributed by atoms with E-state index in [1.165, 1.54) is 10.1 Å². The minimum Gasteiger partial charge on any atom is -0.347 e. The zero-order valence-electron chi connectivity index (χ0n) is 7.66. The molecule has 0 N–H and O–H groups in total. The Kier molecular flexibility index (Phi) is 1.55. The third-order valence-electron chi connectivity index (χ3n) is 2.04. The van der Waals surface area contributed by atoms with E-state index < -0.39 is 0 Å².